The molecule has 6 heteroatoms. The van der Waals surface area contributed by atoms with Gasteiger partial charge in [-0.25, -0.2) is 8.78 Å². The lowest BCUT2D eigenvalue weighted by Crippen LogP contribution is -2.11. The van der Waals surface area contributed by atoms with Gasteiger partial charge in [0, 0.05) is 12.6 Å². The molecule has 0 N–H and O–H groups in total. The van der Waals surface area contributed by atoms with Gasteiger partial charge in [-0.2, -0.15) is 0 Å². The average Bonchev–Trinajstić information content (AvgIpc) is 2.40. The fourth-order valence-corrected chi connectivity index (χ4v) is 2.63. The van der Waals surface area contributed by atoms with Crippen LogP contribution in [0.15, 0.2) is 10.7 Å². The summed E-state index contributed by atoms with van der Waals surface area (Å²) >= 11 is 3.19. The Morgan fingerprint density at radius 3 is 2.53 bits per heavy atom. The fraction of sp³-hybridized carbons (Fsp3) is 0.385. The van der Waals surface area contributed by atoms with Crippen molar-refractivity contribution in [2.24, 2.45) is 0 Å². The first-order chi connectivity index (χ1) is 8.95. The Morgan fingerprint density at radius 1 is 1.37 bits per heavy atom. The van der Waals surface area contributed by atoms with Crippen LogP contribution in [0.2, 0.25) is 0 Å². The average molecular weight is 352 g/mol. The largest absolute Gasteiger partial charge is 0.501 e. The lowest BCUT2D eigenvalue weighted by Gasteiger charge is -2.21. The van der Waals surface area contributed by atoms with E-state index in [1.165, 1.54) is 6.26 Å². The summed E-state index contributed by atoms with van der Waals surface area (Å²) in [6, 6.07) is 0. The molecule has 1 atom stereocenters. The van der Waals surface area contributed by atoms with E-state index in [0.717, 1.165) is 0 Å². The number of nitrogens with zero attached hydrogens (tertiary/aromatic N) is 1. The van der Waals surface area contributed by atoms with Gasteiger partial charge in [0.15, 0.2) is 11.6 Å². The van der Waals surface area contributed by atoms with Gasteiger partial charge in [0.1, 0.15) is 5.69 Å². The molecule has 0 fully saturated rings. The van der Waals surface area contributed by atoms with Crippen LogP contribution in [-0.2, 0) is 4.74 Å². The molecule has 19 heavy (non-hydrogen) atoms. The van der Waals surface area contributed by atoms with Gasteiger partial charge in [-0.05, 0) is 56.8 Å². The Morgan fingerprint density at radius 2 is 2.00 bits per heavy atom. The van der Waals surface area contributed by atoms with E-state index >= 15 is 0 Å². The molecule has 0 saturated heterocycles. The summed E-state index contributed by atoms with van der Waals surface area (Å²) < 4.78 is 35.4. The Labute approximate surface area is 122 Å². The highest BCUT2D eigenvalue weighted by molar-refractivity contribution is 9.10. The molecule has 0 bridgehead atoms. The summed E-state index contributed by atoms with van der Waals surface area (Å²) in [5.74, 6) is -1.12. The minimum absolute atomic E-state index is 0.00114. The van der Waals surface area contributed by atoms with E-state index in [-0.39, 0.29) is 18.9 Å². The number of halogens is 3. The molecule has 0 aliphatic heterocycles. The van der Waals surface area contributed by atoms with Gasteiger partial charge >= 0.3 is 0 Å². The summed E-state index contributed by atoms with van der Waals surface area (Å²) in [4.78, 5) is 0. The lowest BCUT2D eigenvalue weighted by molar-refractivity contribution is 0.272. The Bertz CT molecular complexity index is 465. The van der Waals surface area contributed by atoms with Crippen LogP contribution < -0.4 is 4.67 Å². The van der Waals surface area contributed by atoms with E-state index in [4.69, 9.17) is 4.74 Å². The first kappa shape index (κ1) is 16.4. The van der Waals surface area contributed by atoms with Crippen molar-refractivity contribution in [3.8, 4) is 0 Å². The second kappa shape index (κ2) is 7.20. The summed E-state index contributed by atoms with van der Waals surface area (Å²) in [5, 5.41) is 0. The van der Waals surface area contributed by atoms with Crippen LogP contribution in [0.3, 0.4) is 0 Å². The predicted molar refractivity (Wildman–Crippen MR) is 82.1 cm³/mol. The van der Waals surface area contributed by atoms with Gasteiger partial charge in [0.2, 0.25) is 0 Å². The molecule has 0 heterocycles. The van der Waals surface area contributed by atoms with Crippen LogP contribution in [0.25, 0.3) is 6.08 Å². The van der Waals surface area contributed by atoms with Crippen molar-refractivity contribution in [1.82, 2.24) is 0 Å². The van der Waals surface area contributed by atoms with E-state index in [0.29, 0.717) is 17.7 Å². The van der Waals surface area contributed by atoms with Gasteiger partial charge in [-0.3, -0.25) is 0 Å². The molecule has 0 aromatic heterocycles. The summed E-state index contributed by atoms with van der Waals surface area (Å²) in [6.07, 6.45) is 3.00. The van der Waals surface area contributed by atoms with Crippen molar-refractivity contribution >= 4 is 36.4 Å². The zero-order valence-electron chi connectivity index (χ0n) is 11.4. The van der Waals surface area contributed by atoms with Crippen LogP contribution in [0.5, 0.6) is 0 Å². The molecule has 1 rings (SSSR count). The standard InChI is InChI=1S/C13H17BrF2NOP/c1-5-18-7-6-9-8(2)11(15)13(17(3)19-4)12(16)10(9)14/h6-7,19H,5H2,1-4H3/b7-6+. The SMILES string of the molecule is CCO/C=C/c1c(C)c(F)c(N(C)PC)c(F)c1Br. The van der Waals surface area contributed by atoms with E-state index < -0.39 is 11.6 Å². The first-order valence-corrected chi connectivity index (χ1v) is 8.06. The third-order valence-electron chi connectivity index (χ3n) is 2.75. The molecule has 2 nitrogen and oxygen atoms in total. The smallest absolute Gasteiger partial charge is 0.164 e. The minimum Gasteiger partial charge on any atom is -0.501 e. The monoisotopic (exact) mass is 351 g/mol. The van der Waals surface area contributed by atoms with E-state index in [2.05, 4.69) is 15.9 Å². The van der Waals surface area contributed by atoms with Crippen molar-refractivity contribution in [2.75, 3.05) is 25.0 Å². The molecule has 0 saturated carbocycles. The Kier molecular flexibility index (Phi) is 6.21. The van der Waals surface area contributed by atoms with Crippen LogP contribution in [0.4, 0.5) is 14.5 Å². The summed E-state index contributed by atoms with van der Waals surface area (Å²) in [7, 11) is 1.95. The van der Waals surface area contributed by atoms with Crippen molar-refractivity contribution in [1.29, 1.82) is 0 Å². The van der Waals surface area contributed by atoms with Gasteiger partial charge in [-0.15, -0.1) is 0 Å². The van der Waals surface area contributed by atoms with Gasteiger partial charge in [0.25, 0.3) is 0 Å². The molecular weight excluding hydrogens is 335 g/mol. The Hall–Kier alpha value is -0.670. The summed E-state index contributed by atoms with van der Waals surface area (Å²) in [5.41, 5.74) is 0.850. The maximum Gasteiger partial charge on any atom is 0.164 e. The molecule has 0 spiro atoms. The number of hydrogen-bond donors (Lipinski definition) is 0. The third kappa shape index (κ3) is 3.46. The molecule has 0 aliphatic carbocycles. The second-order valence-corrected chi connectivity index (χ2v) is 5.78. The molecule has 0 aliphatic rings. The minimum atomic E-state index is -0.587. The summed E-state index contributed by atoms with van der Waals surface area (Å²) in [6.45, 7) is 5.84. The topological polar surface area (TPSA) is 12.5 Å². The van der Waals surface area contributed by atoms with Gasteiger partial charge in [0.05, 0.1) is 17.3 Å². The molecule has 106 valence electrons. The number of hydrogen-bond acceptors (Lipinski definition) is 2. The molecule has 0 radical (unpaired) electrons. The fourth-order valence-electron chi connectivity index (χ4n) is 1.60. The van der Waals surface area contributed by atoms with E-state index in [1.54, 1.807) is 24.7 Å². The normalized spacial score (nSPS) is 11.7. The second-order valence-electron chi connectivity index (χ2n) is 3.87. The zero-order chi connectivity index (χ0) is 14.6. The number of anilines is 1. The molecule has 0 amide bonds. The van der Waals surface area contributed by atoms with Crippen LogP contribution in [0.1, 0.15) is 18.1 Å². The number of rotatable bonds is 5. The quantitative estimate of drug-likeness (QED) is 0.433. The van der Waals surface area contributed by atoms with Crippen LogP contribution in [-0.4, -0.2) is 20.3 Å². The highest BCUT2D eigenvalue weighted by atomic mass is 79.9. The molecule has 1 aromatic rings. The van der Waals surface area contributed by atoms with Crippen molar-refractivity contribution < 1.29 is 13.5 Å². The van der Waals surface area contributed by atoms with Crippen LogP contribution in [0, 0.1) is 18.6 Å². The Balaban J connectivity index is 3.39. The third-order valence-corrected chi connectivity index (χ3v) is 4.42. The van der Waals surface area contributed by atoms with Crippen molar-refractivity contribution in [3.63, 3.8) is 0 Å². The lowest BCUT2D eigenvalue weighted by atomic mass is 10.1. The van der Waals surface area contributed by atoms with Gasteiger partial charge in [-0.1, -0.05) is 0 Å². The highest BCUT2D eigenvalue weighted by Crippen LogP contribution is 2.38. The molecule has 1 unspecified atom stereocenters. The number of benzene rings is 1. The van der Waals surface area contributed by atoms with Crippen molar-refractivity contribution in [2.45, 2.75) is 13.8 Å². The molecule has 1 aromatic carbocycles. The van der Waals surface area contributed by atoms with Gasteiger partial charge < -0.3 is 9.41 Å². The maximum atomic E-state index is 14.3. The number of ether oxygens (including phenoxy) is 1. The molecular formula is C13H17BrF2NOP. The maximum absolute atomic E-state index is 14.3. The van der Waals surface area contributed by atoms with Crippen molar-refractivity contribution in [3.05, 3.63) is 33.5 Å². The van der Waals surface area contributed by atoms with E-state index in [9.17, 15) is 8.78 Å². The first-order valence-electron chi connectivity index (χ1n) is 5.81. The van der Waals surface area contributed by atoms with Crippen LogP contribution >= 0.6 is 24.7 Å². The van der Waals surface area contributed by atoms with E-state index in [1.807, 2.05) is 13.6 Å². The highest BCUT2D eigenvalue weighted by Gasteiger charge is 2.22. The zero-order valence-corrected chi connectivity index (χ0v) is 13.9. The predicted octanol–water partition coefficient (Wildman–Crippen LogP) is 4.70.